The molecule has 0 N–H and O–H groups in total. The lowest BCUT2D eigenvalue weighted by molar-refractivity contribution is 0.416. The molecule has 1 radical (unpaired) electrons. The van der Waals surface area contributed by atoms with Gasteiger partial charge in [-0.05, 0) is 12.1 Å². The van der Waals surface area contributed by atoms with E-state index in [1.54, 1.807) is 0 Å². The molecular formula is C4H2ClO3S2. The Morgan fingerprint density at radius 1 is 1.40 bits per heavy atom. The van der Waals surface area contributed by atoms with E-state index in [1.807, 2.05) is 0 Å². The van der Waals surface area contributed by atoms with Gasteiger partial charge in [0, 0.05) is 0 Å². The highest BCUT2D eigenvalue weighted by Gasteiger charge is 2.13. The van der Waals surface area contributed by atoms with Crippen molar-refractivity contribution in [2.45, 2.75) is 4.21 Å². The zero-order valence-corrected chi connectivity index (χ0v) is 6.96. The largest absolute Gasteiger partial charge is 0.333 e. The molecule has 0 fully saturated rings. The Morgan fingerprint density at radius 3 is 2.20 bits per heavy atom. The van der Waals surface area contributed by atoms with Crippen LogP contribution in [0.2, 0.25) is 4.34 Å². The molecule has 6 heteroatoms. The van der Waals surface area contributed by atoms with Crippen LogP contribution < -0.4 is 0 Å². The van der Waals surface area contributed by atoms with Crippen molar-refractivity contribution >= 4 is 33.1 Å². The summed E-state index contributed by atoms with van der Waals surface area (Å²) in [5.41, 5.74) is 0. The lowest BCUT2D eigenvalue weighted by Crippen LogP contribution is -1.90. The minimum Gasteiger partial charge on any atom is -0.191 e. The van der Waals surface area contributed by atoms with E-state index in [0.29, 0.717) is 4.34 Å². The maximum atomic E-state index is 10.2. The van der Waals surface area contributed by atoms with Crippen molar-refractivity contribution in [3.8, 4) is 0 Å². The molecule has 0 bridgehead atoms. The monoisotopic (exact) mass is 197 g/mol. The van der Waals surface area contributed by atoms with E-state index in [9.17, 15) is 13.0 Å². The van der Waals surface area contributed by atoms with Crippen molar-refractivity contribution in [2.24, 2.45) is 0 Å². The molecule has 0 unspecified atom stereocenters. The maximum absolute atomic E-state index is 10.2. The Morgan fingerprint density at radius 2 is 2.00 bits per heavy atom. The zero-order valence-electron chi connectivity index (χ0n) is 4.57. The van der Waals surface area contributed by atoms with Gasteiger partial charge in [-0.25, -0.2) is 0 Å². The van der Waals surface area contributed by atoms with Gasteiger partial charge in [-0.15, -0.1) is 11.3 Å². The van der Waals surface area contributed by atoms with Gasteiger partial charge in [0.25, 0.3) is 0 Å². The first-order chi connectivity index (χ1) is 4.50. The number of hydrogen-bond acceptors (Lipinski definition) is 3. The summed E-state index contributed by atoms with van der Waals surface area (Å²) < 4.78 is 30.8. The van der Waals surface area contributed by atoms with Gasteiger partial charge in [0.1, 0.15) is 0 Å². The first-order valence-electron chi connectivity index (χ1n) is 2.21. The van der Waals surface area contributed by atoms with Crippen LogP contribution in [0.5, 0.6) is 0 Å². The normalized spacial score (nSPS) is 11.8. The summed E-state index contributed by atoms with van der Waals surface area (Å²) in [6, 6.07) is 2.56. The lowest BCUT2D eigenvalue weighted by atomic mass is 10.7. The fourth-order valence-electron chi connectivity index (χ4n) is 0.432. The van der Waals surface area contributed by atoms with Gasteiger partial charge >= 0.3 is 10.1 Å². The van der Waals surface area contributed by atoms with Crippen LogP contribution in [-0.4, -0.2) is 8.42 Å². The van der Waals surface area contributed by atoms with Crippen molar-refractivity contribution in [2.75, 3.05) is 0 Å². The Labute approximate surface area is 67.0 Å². The third kappa shape index (κ3) is 1.69. The third-order valence-electron chi connectivity index (χ3n) is 0.795. The topological polar surface area (TPSA) is 54.0 Å². The highest BCUT2D eigenvalue weighted by Crippen LogP contribution is 2.25. The quantitative estimate of drug-likeness (QED) is 0.686. The summed E-state index contributed by atoms with van der Waals surface area (Å²) in [7, 11) is -4.30. The second-order valence-corrected chi connectivity index (χ2v) is 4.83. The summed E-state index contributed by atoms with van der Waals surface area (Å²) >= 11 is 6.14. The molecule has 1 aromatic rings. The molecular weight excluding hydrogens is 196 g/mol. The van der Waals surface area contributed by atoms with Gasteiger partial charge in [0.05, 0.1) is 4.34 Å². The van der Waals surface area contributed by atoms with Crippen molar-refractivity contribution in [3.63, 3.8) is 0 Å². The van der Waals surface area contributed by atoms with Crippen LogP contribution in [-0.2, 0) is 14.7 Å². The summed E-state index contributed by atoms with van der Waals surface area (Å²) in [5, 5.41) is 0. The Hall–Kier alpha value is -0.100. The van der Waals surface area contributed by atoms with Gasteiger partial charge < -0.3 is 0 Å². The molecule has 0 spiro atoms. The molecule has 3 nitrogen and oxygen atoms in total. The van der Waals surface area contributed by atoms with Crippen LogP contribution in [0, 0.1) is 0 Å². The molecule has 1 aromatic heterocycles. The van der Waals surface area contributed by atoms with Crippen molar-refractivity contribution in [3.05, 3.63) is 16.5 Å². The van der Waals surface area contributed by atoms with Gasteiger partial charge in [0.2, 0.25) is 0 Å². The summed E-state index contributed by atoms with van der Waals surface area (Å²) in [6.07, 6.45) is 0. The smallest absolute Gasteiger partial charge is 0.191 e. The number of rotatable bonds is 1. The highest BCUT2D eigenvalue weighted by molar-refractivity contribution is 7.87. The molecule has 1 rings (SSSR count). The predicted octanol–water partition coefficient (Wildman–Crippen LogP) is 1.52. The fraction of sp³-hybridized carbons (Fsp3) is 0. The molecule has 0 aromatic carbocycles. The molecule has 55 valence electrons. The Balaban J connectivity index is 3.21. The number of hydrogen-bond donors (Lipinski definition) is 0. The summed E-state index contributed by atoms with van der Waals surface area (Å²) in [6.45, 7) is 0. The standard InChI is InChI=1S/C4H2ClO3S2/c5-3-1-2-4(9-3)10(6,7)8/h1-2H. The predicted molar refractivity (Wildman–Crippen MR) is 37.2 cm³/mol. The van der Waals surface area contributed by atoms with E-state index in [0.717, 1.165) is 11.3 Å². The minimum absolute atomic E-state index is 0.238. The Bertz CT molecular complexity index is 326. The zero-order chi connectivity index (χ0) is 7.78. The molecule has 0 aliphatic rings. The van der Waals surface area contributed by atoms with Crippen LogP contribution in [0.15, 0.2) is 16.3 Å². The van der Waals surface area contributed by atoms with E-state index in [4.69, 9.17) is 11.6 Å². The van der Waals surface area contributed by atoms with Crippen LogP contribution in [0.1, 0.15) is 0 Å². The first-order valence-corrected chi connectivity index (χ1v) is 4.81. The molecule has 0 atom stereocenters. The van der Waals surface area contributed by atoms with E-state index in [2.05, 4.69) is 0 Å². The maximum Gasteiger partial charge on any atom is 0.333 e. The highest BCUT2D eigenvalue weighted by atomic mass is 35.5. The number of halogens is 1. The molecule has 0 saturated carbocycles. The molecule has 1 heterocycles. The average molecular weight is 198 g/mol. The van der Waals surface area contributed by atoms with E-state index < -0.39 is 10.1 Å². The van der Waals surface area contributed by atoms with Crippen LogP contribution in [0.25, 0.3) is 0 Å². The summed E-state index contributed by atoms with van der Waals surface area (Å²) in [4.78, 5) is 0. The molecule has 0 amide bonds. The summed E-state index contributed by atoms with van der Waals surface area (Å²) in [5.74, 6) is 0. The van der Waals surface area contributed by atoms with Crippen molar-refractivity contribution in [1.29, 1.82) is 0 Å². The molecule has 0 aliphatic heterocycles. The molecule has 0 aliphatic carbocycles. The molecule has 10 heavy (non-hydrogen) atoms. The van der Waals surface area contributed by atoms with Crippen LogP contribution in [0.4, 0.5) is 0 Å². The lowest BCUT2D eigenvalue weighted by Gasteiger charge is -1.82. The van der Waals surface area contributed by atoms with Crippen molar-refractivity contribution < 1.29 is 13.0 Å². The van der Waals surface area contributed by atoms with E-state index in [1.165, 1.54) is 12.1 Å². The van der Waals surface area contributed by atoms with Gasteiger partial charge in [-0.2, -0.15) is 8.42 Å². The first kappa shape index (κ1) is 8.00. The SMILES string of the molecule is [O]S(=O)(=O)c1ccc(Cl)s1. The minimum atomic E-state index is -4.30. The van der Waals surface area contributed by atoms with Gasteiger partial charge in [0.15, 0.2) is 4.21 Å². The second-order valence-electron chi connectivity index (χ2n) is 1.51. The van der Waals surface area contributed by atoms with E-state index >= 15 is 0 Å². The number of thiophene rings is 1. The van der Waals surface area contributed by atoms with E-state index in [-0.39, 0.29) is 4.21 Å². The fourth-order valence-corrected chi connectivity index (χ4v) is 2.26. The van der Waals surface area contributed by atoms with Crippen LogP contribution >= 0.6 is 22.9 Å². The Kier molecular flexibility index (Phi) is 2.00. The average Bonchev–Trinajstić information content (AvgIpc) is 2.11. The van der Waals surface area contributed by atoms with Gasteiger partial charge in [-0.1, -0.05) is 16.2 Å². The van der Waals surface area contributed by atoms with Gasteiger partial charge in [-0.3, -0.25) is 0 Å². The second kappa shape index (κ2) is 2.50. The van der Waals surface area contributed by atoms with Crippen LogP contribution in [0.3, 0.4) is 0 Å². The third-order valence-corrected chi connectivity index (χ3v) is 3.31. The van der Waals surface area contributed by atoms with Crippen molar-refractivity contribution in [1.82, 2.24) is 0 Å². The molecule has 0 saturated heterocycles.